The van der Waals surface area contributed by atoms with Gasteiger partial charge >= 0.3 is 0 Å². The maximum Gasteiger partial charge on any atom is 0.0624 e. The molecule has 0 aromatic carbocycles. The van der Waals surface area contributed by atoms with E-state index in [2.05, 4.69) is 36.1 Å². The van der Waals surface area contributed by atoms with Crippen LogP contribution in [0.25, 0.3) is 0 Å². The Balaban J connectivity index is 2.01. The maximum absolute atomic E-state index is 4.42. The monoisotopic (exact) mass is 219 g/mol. The van der Waals surface area contributed by atoms with Gasteiger partial charge in [-0.2, -0.15) is 0 Å². The van der Waals surface area contributed by atoms with E-state index < -0.39 is 0 Å². The third-order valence-corrected chi connectivity index (χ3v) is 3.85. The molecule has 0 saturated heterocycles. The Bertz CT molecular complexity index is 334. The molecule has 1 aromatic heterocycles. The average Bonchev–Trinajstić information content (AvgIpc) is 2.29. The van der Waals surface area contributed by atoms with E-state index in [1.165, 1.54) is 12.8 Å². The predicted molar refractivity (Wildman–Crippen MR) is 65.3 cm³/mol. The first kappa shape index (κ1) is 11.5. The molecule has 88 valence electrons. The van der Waals surface area contributed by atoms with Crippen molar-refractivity contribution in [1.29, 1.82) is 0 Å². The summed E-state index contributed by atoms with van der Waals surface area (Å²) in [5.41, 5.74) is 1.44. The molecule has 2 atom stereocenters. The largest absolute Gasteiger partial charge is 0.313 e. The standard InChI is InChI=1S/C13H21N3/c1-4-5-16-12-8-10(13(12,2)3)11-9-14-6-7-15-11/h6-7,9-10,12,16H,4-5,8H2,1-3H3. The van der Waals surface area contributed by atoms with Crippen molar-refractivity contribution < 1.29 is 0 Å². The number of nitrogens with one attached hydrogen (secondary N) is 1. The quantitative estimate of drug-likeness (QED) is 0.844. The van der Waals surface area contributed by atoms with Crippen LogP contribution in [-0.4, -0.2) is 22.6 Å². The number of rotatable bonds is 4. The van der Waals surface area contributed by atoms with Crippen LogP contribution >= 0.6 is 0 Å². The molecule has 16 heavy (non-hydrogen) atoms. The summed E-state index contributed by atoms with van der Waals surface area (Å²) in [4.78, 5) is 8.58. The molecule has 3 nitrogen and oxygen atoms in total. The second kappa shape index (κ2) is 4.50. The van der Waals surface area contributed by atoms with Gasteiger partial charge in [0.05, 0.1) is 5.69 Å². The third kappa shape index (κ3) is 1.96. The van der Waals surface area contributed by atoms with Crippen molar-refractivity contribution in [3.63, 3.8) is 0 Å². The number of hydrogen-bond donors (Lipinski definition) is 1. The predicted octanol–water partition coefficient (Wildman–Crippen LogP) is 2.36. The Labute approximate surface area is 97.7 Å². The topological polar surface area (TPSA) is 37.8 Å². The van der Waals surface area contributed by atoms with Gasteiger partial charge in [-0.1, -0.05) is 20.8 Å². The molecule has 1 N–H and O–H groups in total. The molecule has 2 rings (SSSR count). The summed E-state index contributed by atoms with van der Waals surface area (Å²) >= 11 is 0. The fourth-order valence-corrected chi connectivity index (χ4v) is 2.58. The molecule has 1 aliphatic rings. The lowest BCUT2D eigenvalue weighted by Gasteiger charge is -2.52. The zero-order valence-electron chi connectivity index (χ0n) is 10.4. The molecule has 1 fully saturated rings. The van der Waals surface area contributed by atoms with Crippen molar-refractivity contribution in [2.45, 2.75) is 45.6 Å². The van der Waals surface area contributed by atoms with Gasteiger partial charge in [-0.3, -0.25) is 9.97 Å². The van der Waals surface area contributed by atoms with E-state index in [1.54, 1.807) is 12.4 Å². The van der Waals surface area contributed by atoms with Gasteiger partial charge in [-0.25, -0.2) is 0 Å². The number of aromatic nitrogens is 2. The van der Waals surface area contributed by atoms with E-state index in [9.17, 15) is 0 Å². The summed E-state index contributed by atoms with van der Waals surface area (Å²) in [6, 6.07) is 0.624. The number of hydrogen-bond acceptors (Lipinski definition) is 3. The average molecular weight is 219 g/mol. The highest BCUT2D eigenvalue weighted by atomic mass is 15.0. The molecular formula is C13H21N3. The highest BCUT2D eigenvalue weighted by Gasteiger charge is 2.48. The Morgan fingerprint density at radius 3 is 2.81 bits per heavy atom. The minimum Gasteiger partial charge on any atom is -0.313 e. The van der Waals surface area contributed by atoms with Crippen LogP contribution in [0, 0.1) is 5.41 Å². The third-order valence-electron chi connectivity index (χ3n) is 3.85. The second-order valence-electron chi connectivity index (χ2n) is 5.25. The van der Waals surface area contributed by atoms with E-state index in [-0.39, 0.29) is 0 Å². The summed E-state index contributed by atoms with van der Waals surface area (Å²) in [6.45, 7) is 7.96. The molecule has 3 heteroatoms. The smallest absolute Gasteiger partial charge is 0.0624 e. The van der Waals surface area contributed by atoms with Gasteiger partial charge in [-0.15, -0.1) is 0 Å². The molecule has 0 bridgehead atoms. The molecule has 1 saturated carbocycles. The minimum atomic E-state index is 0.297. The fraction of sp³-hybridized carbons (Fsp3) is 0.692. The fourth-order valence-electron chi connectivity index (χ4n) is 2.58. The van der Waals surface area contributed by atoms with Gasteiger partial charge in [-0.05, 0) is 24.8 Å². The lowest BCUT2D eigenvalue weighted by molar-refractivity contribution is 0.0666. The van der Waals surface area contributed by atoms with Crippen molar-refractivity contribution in [1.82, 2.24) is 15.3 Å². The van der Waals surface area contributed by atoms with E-state index >= 15 is 0 Å². The summed E-state index contributed by atoms with van der Waals surface area (Å²) in [5.74, 6) is 0.551. The molecule has 1 aromatic rings. The minimum absolute atomic E-state index is 0.297. The Kier molecular flexibility index (Phi) is 3.24. The Morgan fingerprint density at radius 1 is 1.44 bits per heavy atom. The highest BCUT2D eigenvalue weighted by Crippen LogP contribution is 2.51. The summed E-state index contributed by atoms with van der Waals surface area (Å²) < 4.78 is 0. The van der Waals surface area contributed by atoms with Gasteiger partial charge < -0.3 is 5.32 Å². The van der Waals surface area contributed by atoms with Crippen molar-refractivity contribution in [2.24, 2.45) is 5.41 Å². The van der Waals surface area contributed by atoms with Crippen LogP contribution < -0.4 is 5.32 Å². The molecule has 1 heterocycles. The zero-order valence-corrected chi connectivity index (χ0v) is 10.4. The first-order valence-electron chi connectivity index (χ1n) is 6.15. The summed E-state index contributed by atoms with van der Waals surface area (Å²) in [7, 11) is 0. The molecule has 0 aliphatic heterocycles. The molecule has 2 unspecified atom stereocenters. The normalized spacial score (nSPS) is 27.4. The van der Waals surface area contributed by atoms with Crippen LogP contribution in [0.2, 0.25) is 0 Å². The van der Waals surface area contributed by atoms with Gasteiger partial charge in [0.1, 0.15) is 0 Å². The lowest BCUT2D eigenvalue weighted by atomic mass is 9.57. The molecular weight excluding hydrogens is 198 g/mol. The summed E-state index contributed by atoms with van der Waals surface area (Å²) in [5, 5.41) is 3.61. The number of nitrogens with zero attached hydrogens (tertiary/aromatic N) is 2. The second-order valence-corrected chi connectivity index (χ2v) is 5.25. The van der Waals surface area contributed by atoms with Crippen LogP contribution in [0.5, 0.6) is 0 Å². The van der Waals surface area contributed by atoms with Gasteiger partial charge in [0.2, 0.25) is 0 Å². The highest BCUT2D eigenvalue weighted by molar-refractivity contribution is 5.18. The van der Waals surface area contributed by atoms with Gasteiger partial charge in [0.15, 0.2) is 0 Å². The molecule has 0 amide bonds. The van der Waals surface area contributed by atoms with Crippen molar-refractivity contribution >= 4 is 0 Å². The van der Waals surface area contributed by atoms with E-state index in [4.69, 9.17) is 0 Å². The van der Waals surface area contributed by atoms with Gasteiger partial charge in [0, 0.05) is 30.6 Å². The van der Waals surface area contributed by atoms with Crippen LogP contribution in [0.1, 0.15) is 45.2 Å². The van der Waals surface area contributed by atoms with Crippen LogP contribution in [0.4, 0.5) is 0 Å². The van der Waals surface area contributed by atoms with Crippen LogP contribution in [0.3, 0.4) is 0 Å². The SMILES string of the molecule is CCCNC1CC(c2cnccn2)C1(C)C. The zero-order chi connectivity index (χ0) is 11.6. The lowest BCUT2D eigenvalue weighted by Crippen LogP contribution is -2.55. The van der Waals surface area contributed by atoms with E-state index in [0.717, 1.165) is 12.2 Å². The van der Waals surface area contributed by atoms with Crippen LogP contribution in [-0.2, 0) is 0 Å². The molecule has 1 aliphatic carbocycles. The van der Waals surface area contributed by atoms with E-state index in [0.29, 0.717) is 17.4 Å². The maximum atomic E-state index is 4.42. The first-order chi connectivity index (χ1) is 7.66. The Hall–Kier alpha value is -0.960. The Morgan fingerprint density at radius 2 is 2.25 bits per heavy atom. The summed E-state index contributed by atoms with van der Waals surface area (Å²) in [6.07, 6.45) is 7.82. The molecule has 0 spiro atoms. The van der Waals surface area contributed by atoms with Crippen molar-refractivity contribution in [3.8, 4) is 0 Å². The van der Waals surface area contributed by atoms with Gasteiger partial charge in [0.25, 0.3) is 0 Å². The molecule has 0 radical (unpaired) electrons. The first-order valence-corrected chi connectivity index (χ1v) is 6.15. The van der Waals surface area contributed by atoms with Crippen LogP contribution in [0.15, 0.2) is 18.6 Å². The van der Waals surface area contributed by atoms with Crippen molar-refractivity contribution in [2.75, 3.05) is 6.54 Å². The van der Waals surface area contributed by atoms with E-state index in [1.807, 2.05) is 6.20 Å². The van der Waals surface area contributed by atoms with Crippen molar-refractivity contribution in [3.05, 3.63) is 24.3 Å².